The number of hydrogen-bond acceptors (Lipinski definition) is 4. The van der Waals surface area contributed by atoms with Crippen molar-refractivity contribution < 1.29 is 14.3 Å². The normalized spacial score (nSPS) is 23.1. The molecule has 0 fully saturated rings. The van der Waals surface area contributed by atoms with E-state index in [1.807, 2.05) is 0 Å². The molecule has 98 valence electrons. The van der Waals surface area contributed by atoms with Crippen LogP contribution in [0.4, 0.5) is 0 Å². The Morgan fingerprint density at radius 3 is 2.76 bits per heavy atom. The van der Waals surface area contributed by atoms with Crippen LogP contribution < -0.4 is 0 Å². The molecule has 0 aromatic heterocycles. The van der Waals surface area contributed by atoms with Gasteiger partial charge in [-0.1, -0.05) is 32.6 Å². The fourth-order valence-electron chi connectivity index (χ4n) is 2.02. The van der Waals surface area contributed by atoms with E-state index in [4.69, 9.17) is 9.47 Å². The summed E-state index contributed by atoms with van der Waals surface area (Å²) in [5, 5.41) is 0. The maximum absolute atomic E-state index is 11.7. The Morgan fingerprint density at radius 1 is 1.35 bits per heavy atom. The molecular formula is C13H23NO3. The van der Waals surface area contributed by atoms with Crippen LogP contribution in [0.2, 0.25) is 0 Å². The third-order valence-corrected chi connectivity index (χ3v) is 2.87. The van der Waals surface area contributed by atoms with E-state index in [0.29, 0.717) is 12.5 Å². The Bertz CT molecular complexity index is 276. The Morgan fingerprint density at radius 2 is 2.12 bits per heavy atom. The summed E-state index contributed by atoms with van der Waals surface area (Å²) >= 11 is 0. The highest BCUT2D eigenvalue weighted by atomic mass is 16.6. The summed E-state index contributed by atoms with van der Waals surface area (Å²) in [5.41, 5.74) is 0. The summed E-state index contributed by atoms with van der Waals surface area (Å²) in [6.07, 6.45) is 5.12. The van der Waals surface area contributed by atoms with Gasteiger partial charge in [0.15, 0.2) is 5.90 Å². The number of carbonyl (C=O) groups excluding carboxylic acids is 1. The molecule has 1 heterocycles. The van der Waals surface area contributed by atoms with Crippen LogP contribution in [0.25, 0.3) is 0 Å². The Labute approximate surface area is 103 Å². The summed E-state index contributed by atoms with van der Waals surface area (Å²) in [5.74, 6) is 0.317. The van der Waals surface area contributed by atoms with Crippen LogP contribution >= 0.6 is 0 Å². The average molecular weight is 241 g/mol. The van der Waals surface area contributed by atoms with Gasteiger partial charge in [-0.2, -0.15) is 0 Å². The number of hydrogen-bond donors (Lipinski definition) is 0. The number of unbranched alkanes of at least 4 members (excludes halogenated alkanes) is 3. The van der Waals surface area contributed by atoms with E-state index in [2.05, 4.69) is 11.9 Å². The molecule has 0 saturated carbocycles. The number of rotatable bonds is 7. The molecule has 1 aliphatic rings. The van der Waals surface area contributed by atoms with Gasteiger partial charge in [0.05, 0.1) is 6.61 Å². The lowest BCUT2D eigenvalue weighted by Gasteiger charge is -2.15. The highest BCUT2D eigenvalue weighted by Crippen LogP contribution is 2.20. The number of nitrogens with zero attached hydrogens (tertiary/aromatic N) is 1. The van der Waals surface area contributed by atoms with Gasteiger partial charge in [0.1, 0.15) is 6.04 Å². The zero-order valence-corrected chi connectivity index (χ0v) is 11.1. The first-order chi connectivity index (χ1) is 8.19. The standard InChI is InChI=1S/C13H23NO3/c1-4-6-7-8-9-11-12(13(15)16-5-2)17-10(3)14-11/h11-12H,4-9H2,1-3H3/t11-,12-/m1/s1. The summed E-state index contributed by atoms with van der Waals surface area (Å²) in [4.78, 5) is 16.0. The molecule has 0 amide bonds. The van der Waals surface area contributed by atoms with Crippen LogP contribution in [0.15, 0.2) is 4.99 Å². The minimum absolute atomic E-state index is 0.0501. The molecule has 0 aromatic carbocycles. The van der Waals surface area contributed by atoms with E-state index in [1.54, 1.807) is 13.8 Å². The lowest BCUT2D eigenvalue weighted by atomic mass is 10.0. The summed E-state index contributed by atoms with van der Waals surface area (Å²) in [6.45, 7) is 6.16. The van der Waals surface area contributed by atoms with Crippen molar-refractivity contribution in [2.24, 2.45) is 4.99 Å². The van der Waals surface area contributed by atoms with E-state index in [0.717, 1.165) is 12.8 Å². The molecule has 1 rings (SSSR count). The minimum atomic E-state index is -0.517. The molecule has 4 nitrogen and oxygen atoms in total. The third-order valence-electron chi connectivity index (χ3n) is 2.87. The second-order valence-corrected chi connectivity index (χ2v) is 4.36. The highest BCUT2D eigenvalue weighted by Gasteiger charge is 2.35. The molecule has 0 spiro atoms. The topological polar surface area (TPSA) is 47.9 Å². The third kappa shape index (κ3) is 4.36. The van der Waals surface area contributed by atoms with Gasteiger partial charge in [-0.05, 0) is 13.3 Å². The molecule has 0 N–H and O–H groups in total. The van der Waals surface area contributed by atoms with Crippen molar-refractivity contribution in [1.82, 2.24) is 0 Å². The lowest BCUT2D eigenvalue weighted by Crippen LogP contribution is -2.33. The van der Waals surface area contributed by atoms with Crippen molar-refractivity contribution in [1.29, 1.82) is 0 Å². The number of carbonyl (C=O) groups is 1. The van der Waals surface area contributed by atoms with Gasteiger partial charge in [0.2, 0.25) is 6.10 Å². The maximum Gasteiger partial charge on any atom is 0.349 e. The summed E-state index contributed by atoms with van der Waals surface area (Å²) in [6, 6.07) is -0.0501. The predicted molar refractivity (Wildman–Crippen MR) is 67.2 cm³/mol. The van der Waals surface area contributed by atoms with Crippen LogP contribution in [0.1, 0.15) is 52.9 Å². The van der Waals surface area contributed by atoms with E-state index in [-0.39, 0.29) is 12.0 Å². The van der Waals surface area contributed by atoms with Gasteiger partial charge in [0.25, 0.3) is 0 Å². The molecule has 1 aliphatic heterocycles. The average Bonchev–Trinajstić information content (AvgIpc) is 2.66. The largest absolute Gasteiger partial charge is 0.464 e. The first kappa shape index (κ1) is 14.0. The van der Waals surface area contributed by atoms with Gasteiger partial charge in [-0.3, -0.25) is 0 Å². The van der Waals surface area contributed by atoms with Crippen molar-refractivity contribution in [3.63, 3.8) is 0 Å². The summed E-state index contributed by atoms with van der Waals surface area (Å²) in [7, 11) is 0. The highest BCUT2D eigenvalue weighted by molar-refractivity contribution is 5.84. The predicted octanol–water partition coefficient (Wildman–Crippen LogP) is 2.71. The first-order valence-corrected chi connectivity index (χ1v) is 6.56. The van der Waals surface area contributed by atoms with Crippen molar-refractivity contribution >= 4 is 11.9 Å². The maximum atomic E-state index is 11.7. The molecule has 17 heavy (non-hydrogen) atoms. The van der Waals surface area contributed by atoms with Crippen LogP contribution in [0.3, 0.4) is 0 Å². The van der Waals surface area contributed by atoms with Crippen LogP contribution in [-0.2, 0) is 14.3 Å². The van der Waals surface area contributed by atoms with Crippen molar-refractivity contribution in [3.8, 4) is 0 Å². The van der Waals surface area contributed by atoms with Gasteiger partial charge in [0, 0.05) is 6.92 Å². The van der Waals surface area contributed by atoms with Gasteiger partial charge in [-0.15, -0.1) is 0 Å². The van der Waals surface area contributed by atoms with Crippen LogP contribution in [-0.4, -0.2) is 30.6 Å². The van der Waals surface area contributed by atoms with Gasteiger partial charge < -0.3 is 9.47 Å². The van der Waals surface area contributed by atoms with E-state index < -0.39 is 6.10 Å². The van der Waals surface area contributed by atoms with Gasteiger partial charge >= 0.3 is 5.97 Å². The van der Waals surface area contributed by atoms with Crippen LogP contribution in [0.5, 0.6) is 0 Å². The Balaban J connectivity index is 2.40. The molecule has 4 heteroatoms. The number of esters is 1. The Kier molecular flexibility index (Phi) is 6.01. The minimum Gasteiger partial charge on any atom is -0.464 e. The second-order valence-electron chi connectivity index (χ2n) is 4.36. The summed E-state index contributed by atoms with van der Waals surface area (Å²) < 4.78 is 10.4. The molecular weight excluding hydrogens is 218 g/mol. The smallest absolute Gasteiger partial charge is 0.349 e. The monoisotopic (exact) mass is 241 g/mol. The molecule has 0 aliphatic carbocycles. The molecule has 0 radical (unpaired) electrons. The zero-order valence-electron chi connectivity index (χ0n) is 11.1. The molecule has 0 saturated heterocycles. The molecule has 0 bridgehead atoms. The van der Waals surface area contributed by atoms with E-state index in [9.17, 15) is 4.79 Å². The van der Waals surface area contributed by atoms with Gasteiger partial charge in [-0.25, -0.2) is 9.79 Å². The molecule has 0 unspecified atom stereocenters. The second kappa shape index (κ2) is 7.30. The van der Waals surface area contributed by atoms with Crippen molar-refractivity contribution in [2.45, 2.75) is 65.0 Å². The zero-order chi connectivity index (χ0) is 12.7. The van der Waals surface area contributed by atoms with E-state index >= 15 is 0 Å². The SMILES string of the molecule is CCCCCC[C@H]1N=C(C)O[C@H]1C(=O)OCC. The van der Waals surface area contributed by atoms with Crippen LogP contribution in [0, 0.1) is 0 Å². The fourth-order valence-corrected chi connectivity index (χ4v) is 2.02. The number of aliphatic imine (C=N–C) groups is 1. The van der Waals surface area contributed by atoms with Crippen molar-refractivity contribution in [3.05, 3.63) is 0 Å². The quantitative estimate of drug-likeness (QED) is 0.508. The van der Waals surface area contributed by atoms with Crippen molar-refractivity contribution in [2.75, 3.05) is 6.61 Å². The fraction of sp³-hybridized carbons (Fsp3) is 0.846. The van der Waals surface area contributed by atoms with E-state index in [1.165, 1.54) is 19.3 Å². The molecule has 2 atom stereocenters. The molecule has 0 aromatic rings. The number of ether oxygens (including phenoxy) is 2. The Hall–Kier alpha value is -1.06. The lowest BCUT2D eigenvalue weighted by molar-refractivity contribution is -0.152. The first-order valence-electron chi connectivity index (χ1n) is 6.56.